The molecule has 2 N–H and O–H groups in total. The van der Waals surface area contributed by atoms with E-state index in [1.165, 1.54) is 12.1 Å². The first-order valence-electron chi connectivity index (χ1n) is 4.69. The zero-order valence-corrected chi connectivity index (χ0v) is 9.00. The standard InChI is InChI=1S/C11H14FNO2/c1-6(2)15-11(14)9-7(3)4-5-8(12)10(9)13/h4-6H,13H2,1-3H3. The minimum Gasteiger partial charge on any atom is -0.459 e. The van der Waals surface area contributed by atoms with Crippen LogP contribution in [0.3, 0.4) is 0 Å². The van der Waals surface area contributed by atoms with Gasteiger partial charge in [-0.3, -0.25) is 0 Å². The molecule has 15 heavy (non-hydrogen) atoms. The normalized spacial score (nSPS) is 10.5. The van der Waals surface area contributed by atoms with Crippen molar-refractivity contribution >= 4 is 11.7 Å². The summed E-state index contributed by atoms with van der Waals surface area (Å²) in [6.07, 6.45) is -0.250. The van der Waals surface area contributed by atoms with Gasteiger partial charge in [0, 0.05) is 0 Å². The molecule has 0 aromatic heterocycles. The van der Waals surface area contributed by atoms with Crippen LogP contribution in [0.2, 0.25) is 0 Å². The van der Waals surface area contributed by atoms with Gasteiger partial charge in [0.1, 0.15) is 5.82 Å². The molecule has 0 unspecified atom stereocenters. The van der Waals surface area contributed by atoms with Crippen molar-refractivity contribution in [2.45, 2.75) is 26.9 Å². The first kappa shape index (κ1) is 11.5. The quantitative estimate of drug-likeness (QED) is 0.603. The van der Waals surface area contributed by atoms with Crippen LogP contribution in [0.5, 0.6) is 0 Å². The average Bonchev–Trinajstić information content (AvgIpc) is 2.11. The molecule has 3 nitrogen and oxygen atoms in total. The van der Waals surface area contributed by atoms with Gasteiger partial charge in [0.25, 0.3) is 0 Å². The molecule has 0 aliphatic heterocycles. The Balaban J connectivity index is 3.13. The summed E-state index contributed by atoms with van der Waals surface area (Å²) in [7, 11) is 0. The summed E-state index contributed by atoms with van der Waals surface area (Å²) >= 11 is 0. The van der Waals surface area contributed by atoms with Crippen LogP contribution in [0.15, 0.2) is 12.1 Å². The zero-order chi connectivity index (χ0) is 11.6. The molecule has 4 heteroatoms. The SMILES string of the molecule is Cc1ccc(F)c(N)c1C(=O)OC(C)C. The van der Waals surface area contributed by atoms with E-state index < -0.39 is 11.8 Å². The molecule has 0 atom stereocenters. The van der Waals surface area contributed by atoms with Gasteiger partial charge in [0.2, 0.25) is 0 Å². The summed E-state index contributed by atoms with van der Waals surface area (Å²) in [5.74, 6) is -1.18. The molecular weight excluding hydrogens is 197 g/mol. The molecule has 0 amide bonds. The van der Waals surface area contributed by atoms with Gasteiger partial charge in [-0.1, -0.05) is 6.07 Å². The van der Waals surface area contributed by atoms with Gasteiger partial charge in [0.05, 0.1) is 17.4 Å². The third-order valence-electron chi connectivity index (χ3n) is 1.95. The number of nitrogen functional groups attached to an aromatic ring is 1. The van der Waals surface area contributed by atoms with Crippen molar-refractivity contribution in [3.63, 3.8) is 0 Å². The molecule has 1 rings (SSSR count). The fourth-order valence-corrected chi connectivity index (χ4v) is 1.25. The van der Waals surface area contributed by atoms with Gasteiger partial charge in [-0.2, -0.15) is 0 Å². The van der Waals surface area contributed by atoms with Gasteiger partial charge < -0.3 is 10.5 Å². The lowest BCUT2D eigenvalue weighted by atomic mass is 10.1. The third kappa shape index (κ3) is 2.46. The van der Waals surface area contributed by atoms with Crippen LogP contribution in [0, 0.1) is 12.7 Å². The molecule has 0 radical (unpaired) electrons. The molecular formula is C11H14FNO2. The largest absolute Gasteiger partial charge is 0.459 e. The van der Waals surface area contributed by atoms with Crippen LogP contribution >= 0.6 is 0 Å². The maximum Gasteiger partial charge on any atom is 0.340 e. The van der Waals surface area contributed by atoms with Crippen LogP contribution in [-0.2, 0) is 4.74 Å². The molecule has 0 fully saturated rings. The summed E-state index contributed by atoms with van der Waals surface area (Å²) in [5.41, 5.74) is 6.06. The highest BCUT2D eigenvalue weighted by Gasteiger charge is 2.18. The Morgan fingerprint density at radius 1 is 1.47 bits per heavy atom. The van der Waals surface area contributed by atoms with Crippen molar-refractivity contribution in [1.29, 1.82) is 0 Å². The second-order valence-corrected chi connectivity index (χ2v) is 3.61. The van der Waals surface area contributed by atoms with E-state index in [0.29, 0.717) is 5.56 Å². The predicted octanol–water partition coefficient (Wildman–Crippen LogP) is 2.28. The second-order valence-electron chi connectivity index (χ2n) is 3.61. The van der Waals surface area contributed by atoms with Crippen LogP contribution < -0.4 is 5.73 Å². The maximum atomic E-state index is 13.1. The highest BCUT2D eigenvalue weighted by Crippen LogP contribution is 2.21. The van der Waals surface area contributed by atoms with Crippen LogP contribution in [0.1, 0.15) is 29.8 Å². The highest BCUT2D eigenvalue weighted by atomic mass is 19.1. The van der Waals surface area contributed by atoms with Crippen molar-refractivity contribution in [1.82, 2.24) is 0 Å². The number of anilines is 1. The van der Waals surface area contributed by atoms with E-state index in [4.69, 9.17) is 10.5 Å². The van der Waals surface area contributed by atoms with Crippen molar-refractivity contribution in [2.24, 2.45) is 0 Å². The van der Waals surface area contributed by atoms with Gasteiger partial charge >= 0.3 is 5.97 Å². The molecule has 0 aliphatic rings. The second kappa shape index (κ2) is 4.29. The van der Waals surface area contributed by atoms with Crippen LogP contribution in [0.25, 0.3) is 0 Å². The monoisotopic (exact) mass is 211 g/mol. The zero-order valence-electron chi connectivity index (χ0n) is 9.00. The van der Waals surface area contributed by atoms with E-state index in [1.54, 1.807) is 20.8 Å². The summed E-state index contributed by atoms with van der Waals surface area (Å²) < 4.78 is 18.1. The Hall–Kier alpha value is -1.58. The lowest BCUT2D eigenvalue weighted by molar-refractivity contribution is 0.0378. The fourth-order valence-electron chi connectivity index (χ4n) is 1.25. The van der Waals surface area contributed by atoms with Crippen molar-refractivity contribution in [3.8, 4) is 0 Å². The summed E-state index contributed by atoms with van der Waals surface area (Å²) in [5, 5.41) is 0. The van der Waals surface area contributed by atoms with E-state index >= 15 is 0 Å². The number of halogens is 1. The van der Waals surface area contributed by atoms with E-state index in [1.807, 2.05) is 0 Å². The van der Waals surface area contributed by atoms with Crippen LogP contribution in [-0.4, -0.2) is 12.1 Å². The third-order valence-corrected chi connectivity index (χ3v) is 1.95. The Morgan fingerprint density at radius 3 is 2.60 bits per heavy atom. The number of rotatable bonds is 2. The number of hydrogen-bond acceptors (Lipinski definition) is 3. The van der Waals surface area contributed by atoms with E-state index in [0.717, 1.165) is 0 Å². The Morgan fingerprint density at radius 2 is 2.07 bits per heavy atom. The lowest BCUT2D eigenvalue weighted by Crippen LogP contribution is -2.15. The molecule has 0 heterocycles. The van der Waals surface area contributed by atoms with Gasteiger partial charge in [0.15, 0.2) is 0 Å². The molecule has 1 aromatic rings. The minimum atomic E-state index is -0.601. The first-order chi connectivity index (χ1) is 6.93. The number of hydrogen-bond donors (Lipinski definition) is 1. The number of esters is 1. The topological polar surface area (TPSA) is 52.3 Å². The maximum absolute atomic E-state index is 13.1. The molecule has 0 saturated heterocycles. The Labute approximate surface area is 88.0 Å². The van der Waals surface area contributed by atoms with E-state index in [9.17, 15) is 9.18 Å². The molecule has 0 bridgehead atoms. The van der Waals surface area contributed by atoms with Crippen LogP contribution in [0.4, 0.5) is 10.1 Å². The average molecular weight is 211 g/mol. The number of benzene rings is 1. The molecule has 0 aliphatic carbocycles. The highest BCUT2D eigenvalue weighted by molar-refractivity contribution is 5.96. The number of aryl methyl sites for hydroxylation is 1. The smallest absolute Gasteiger partial charge is 0.340 e. The van der Waals surface area contributed by atoms with Crippen molar-refractivity contribution in [3.05, 3.63) is 29.1 Å². The molecule has 0 spiro atoms. The molecule has 1 aromatic carbocycles. The number of ether oxygens (including phenoxy) is 1. The van der Waals surface area contributed by atoms with Crippen molar-refractivity contribution in [2.75, 3.05) is 5.73 Å². The first-order valence-corrected chi connectivity index (χ1v) is 4.69. The minimum absolute atomic E-state index is 0.115. The van der Waals surface area contributed by atoms with Gasteiger partial charge in [-0.05, 0) is 32.4 Å². The lowest BCUT2D eigenvalue weighted by Gasteiger charge is -2.12. The predicted molar refractivity (Wildman–Crippen MR) is 56.1 cm³/mol. The molecule has 0 saturated carbocycles. The Bertz CT molecular complexity index is 388. The summed E-state index contributed by atoms with van der Waals surface area (Å²) in [6, 6.07) is 2.74. The number of carbonyl (C=O) groups excluding carboxylic acids is 1. The summed E-state index contributed by atoms with van der Waals surface area (Å²) in [4.78, 5) is 11.6. The van der Waals surface area contributed by atoms with E-state index in [2.05, 4.69) is 0 Å². The van der Waals surface area contributed by atoms with E-state index in [-0.39, 0.29) is 17.4 Å². The number of carbonyl (C=O) groups is 1. The van der Waals surface area contributed by atoms with Gasteiger partial charge in [-0.25, -0.2) is 9.18 Å². The molecule has 82 valence electrons. The fraction of sp³-hybridized carbons (Fsp3) is 0.364. The number of nitrogens with two attached hydrogens (primary N) is 1. The summed E-state index contributed by atoms with van der Waals surface area (Å²) in [6.45, 7) is 5.14. The van der Waals surface area contributed by atoms with Crippen molar-refractivity contribution < 1.29 is 13.9 Å². The Kier molecular flexibility index (Phi) is 3.29. The van der Waals surface area contributed by atoms with Gasteiger partial charge in [-0.15, -0.1) is 0 Å².